The number of thioether (sulfide) groups is 1. The number of ether oxygens (including phenoxy) is 1. The quantitative estimate of drug-likeness (QED) is 0.505. The zero-order valence-corrected chi connectivity index (χ0v) is 18.7. The number of amides is 1. The number of fused-ring (bicyclic) bond motifs is 1. The van der Waals surface area contributed by atoms with Crippen LogP contribution in [0.25, 0.3) is 0 Å². The van der Waals surface area contributed by atoms with Gasteiger partial charge in [-0.3, -0.25) is 9.69 Å². The summed E-state index contributed by atoms with van der Waals surface area (Å²) in [6.45, 7) is 12.3. The molecule has 0 saturated carbocycles. The summed E-state index contributed by atoms with van der Waals surface area (Å²) >= 11 is 1.54. The summed E-state index contributed by atoms with van der Waals surface area (Å²) < 4.78 is 11.9. The molecule has 0 aromatic rings. The Morgan fingerprint density at radius 3 is 2.67 bits per heavy atom. The van der Waals surface area contributed by atoms with Gasteiger partial charge in [-0.2, -0.15) is 0 Å². The minimum absolute atomic E-state index is 0.0777. The molecule has 152 valence electrons. The Kier molecular flexibility index (Phi) is 5.83. The Hall–Kier alpha value is -0.833. The smallest absolute Gasteiger partial charge is 0.353 e. The number of carbonyl (C=O) groups is 2. The number of rotatable bonds is 7. The summed E-state index contributed by atoms with van der Waals surface area (Å²) in [5, 5.41) is 9.67. The highest BCUT2D eigenvalue weighted by molar-refractivity contribution is 8.04. The first-order valence-electron chi connectivity index (χ1n) is 9.74. The molecule has 0 radical (unpaired) electrons. The molecule has 2 saturated heterocycles. The number of β-lactam (4-membered cyclic amide) rings is 1. The second-order valence-electron chi connectivity index (χ2n) is 9.14. The van der Waals surface area contributed by atoms with E-state index in [4.69, 9.17) is 9.16 Å². The molecule has 3 atom stereocenters. The molecule has 3 aliphatic heterocycles. The van der Waals surface area contributed by atoms with Crippen molar-refractivity contribution in [1.82, 2.24) is 4.90 Å². The van der Waals surface area contributed by atoms with E-state index >= 15 is 0 Å². The molecule has 6 nitrogen and oxygen atoms in total. The zero-order chi connectivity index (χ0) is 20.0. The van der Waals surface area contributed by atoms with Crippen LogP contribution in [0.4, 0.5) is 0 Å². The van der Waals surface area contributed by atoms with Crippen molar-refractivity contribution < 1.29 is 23.9 Å². The maximum Gasteiger partial charge on any atom is 0.353 e. The number of hydrogen-bond donors (Lipinski definition) is 1. The summed E-state index contributed by atoms with van der Waals surface area (Å²) in [6.07, 6.45) is 3.31. The molecule has 8 heteroatoms. The van der Waals surface area contributed by atoms with Crippen molar-refractivity contribution in [2.45, 2.75) is 76.1 Å². The van der Waals surface area contributed by atoms with Crippen LogP contribution in [0.2, 0.25) is 18.1 Å². The summed E-state index contributed by atoms with van der Waals surface area (Å²) in [7, 11) is -1.84. The molecule has 0 bridgehead atoms. The third-order valence-electron chi connectivity index (χ3n) is 6.26. The van der Waals surface area contributed by atoms with E-state index in [1.807, 2.05) is 0 Å². The predicted octanol–water partition coefficient (Wildman–Crippen LogP) is 3.79. The van der Waals surface area contributed by atoms with Crippen LogP contribution in [0.15, 0.2) is 10.6 Å². The van der Waals surface area contributed by atoms with Gasteiger partial charge >= 0.3 is 5.97 Å². The van der Waals surface area contributed by atoms with E-state index in [1.54, 1.807) is 0 Å². The molecule has 1 unspecified atom stereocenters. The largest absolute Gasteiger partial charge is 0.477 e. The van der Waals surface area contributed by atoms with E-state index in [-0.39, 0.29) is 34.0 Å². The maximum absolute atomic E-state index is 12.6. The van der Waals surface area contributed by atoms with Crippen LogP contribution in [-0.4, -0.2) is 54.9 Å². The standard InChI is InChI=1S/C19H31NO5SSi/c1-19(2,3)27(4,5)25-10-8-13-16(21)20-15(18(22)23)14(26-17(13)20)11-12-7-6-9-24-12/h12-13,17H,6-11H2,1-5H3,(H,22,23)/t12?,13-,17+/m0/s1. The van der Waals surface area contributed by atoms with Crippen molar-refractivity contribution in [3.8, 4) is 0 Å². The molecule has 0 aromatic heterocycles. The first kappa shape index (κ1) is 20.9. The highest BCUT2D eigenvalue weighted by Crippen LogP contribution is 2.52. The number of carbonyl (C=O) groups excluding carboxylic acids is 1. The fourth-order valence-corrected chi connectivity index (χ4v) is 6.20. The SMILES string of the molecule is CC(C)(C)[Si](C)(C)OCC[C@H]1C(=O)N2C(C(=O)O)=C(CC3CCCO3)S[C@H]12. The van der Waals surface area contributed by atoms with Crippen molar-refractivity contribution in [3.63, 3.8) is 0 Å². The topological polar surface area (TPSA) is 76.1 Å². The minimum Gasteiger partial charge on any atom is -0.477 e. The van der Waals surface area contributed by atoms with Gasteiger partial charge in [-0.05, 0) is 37.4 Å². The lowest BCUT2D eigenvalue weighted by atomic mass is 9.94. The molecule has 1 amide bonds. The van der Waals surface area contributed by atoms with Gasteiger partial charge in [0.2, 0.25) is 5.91 Å². The van der Waals surface area contributed by atoms with E-state index in [1.165, 1.54) is 16.7 Å². The highest BCUT2D eigenvalue weighted by Gasteiger charge is 2.55. The Morgan fingerprint density at radius 2 is 2.11 bits per heavy atom. The number of carboxylic acids is 1. The number of hydrogen-bond acceptors (Lipinski definition) is 5. The van der Waals surface area contributed by atoms with Gasteiger partial charge in [0, 0.05) is 24.5 Å². The molecule has 0 aliphatic carbocycles. The summed E-state index contributed by atoms with van der Waals surface area (Å²) in [5.74, 6) is -1.25. The van der Waals surface area contributed by atoms with E-state index in [2.05, 4.69) is 33.9 Å². The third-order valence-corrected chi connectivity index (χ3v) is 12.2. The van der Waals surface area contributed by atoms with Crippen molar-refractivity contribution in [3.05, 3.63) is 10.6 Å². The first-order chi connectivity index (χ1) is 12.5. The van der Waals surface area contributed by atoms with Crippen LogP contribution in [-0.2, 0) is 18.8 Å². The lowest BCUT2D eigenvalue weighted by Crippen LogP contribution is -2.57. The van der Waals surface area contributed by atoms with Crippen LogP contribution in [0.5, 0.6) is 0 Å². The molecule has 1 N–H and O–H groups in total. The lowest BCUT2D eigenvalue weighted by Gasteiger charge is -2.43. The zero-order valence-electron chi connectivity index (χ0n) is 16.9. The number of nitrogens with zero attached hydrogens (tertiary/aromatic N) is 1. The van der Waals surface area contributed by atoms with E-state index in [0.29, 0.717) is 19.4 Å². The van der Waals surface area contributed by atoms with E-state index in [0.717, 1.165) is 24.4 Å². The van der Waals surface area contributed by atoms with Gasteiger partial charge in [0.15, 0.2) is 8.32 Å². The van der Waals surface area contributed by atoms with Gasteiger partial charge in [-0.15, -0.1) is 11.8 Å². The lowest BCUT2D eigenvalue weighted by molar-refractivity contribution is -0.152. The highest BCUT2D eigenvalue weighted by atomic mass is 32.2. The number of aliphatic carboxylic acids is 1. The summed E-state index contributed by atoms with van der Waals surface area (Å²) in [5.41, 5.74) is 0.173. The van der Waals surface area contributed by atoms with Crippen molar-refractivity contribution in [1.29, 1.82) is 0 Å². The molecule has 27 heavy (non-hydrogen) atoms. The first-order valence-corrected chi connectivity index (χ1v) is 13.5. The molecular formula is C19H31NO5SSi. The van der Waals surface area contributed by atoms with Crippen LogP contribution >= 0.6 is 11.8 Å². The van der Waals surface area contributed by atoms with E-state index in [9.17, 15) is 14.7 Å². The van der Waals surface area contributed by atoms with Gasteiger partial charge < -0.3 is 14.3 Å². The van der Waals surface area contributed by atoms with Crippen LogP contribution in [0.3, 0.4) is 0 Å². The second kappa shape index (κ2) is 7.53. The van der Waals surface area contributed by atoms with Crippen LogP contribution < -0.4 is 0 Å². The Balaban J connectivity index is 1.61. The number of carboxylic acid groups (broad SMARTS) is 1. The average molecular weight is 414 g/mol. The molecular weight excluding hydrogens is 382 g/mol. The third kappa shape index (κ3) is 3.99. The van der Waals surface area contributed by atoms with E-state index < -0.39 is 14.3 Å². The molecule has 3 rings (SSSR count). The Labute approximate surface area is 166 Å². The molecule has 2 fully saturated rings. The summed E-state index contributed by atoms with van der Waals surface area (Å²) in [6, 6.07) is 0. The minimum atomic E-state index is -1.84. The molecule has 3 aliphatic rings. The normalized spacial score (nSPS) is 28.6. The molecule has 3 heterocycles. The van der Waals surface area contributed by atoms with Crippen molar-refractivity contribution in [2.24, 2.45) is 5.92 Å². The molecule has 0 spiro atoms. The van der Waals surface area contributed by atoms with Crippen LogP contribution in [0, 0.1) is 5.92 Å². The van der Waals surface area contributed by atoms with Gasteiger partial charge in [0.05, 0.1) is 17.4 Å². The predicted molar refractivity (Wildman–Crippen MR) is 108 cm³/mol. The van der Waals surface area contributed by atoms with Gasteiger partial charge in [-0.1, -0.05) is 20.8 Å². The Morgan fingerprint density at radius 1 is 1.41 bits per heavy atom. The van der Waals surface area contributed by atoms with Crippen molar-refractivity contribution in [2.75, 3.05) is 13.2 Å². The van der Waals surface area contributed by atoms with Crippen molar-refractivity contribution >= 4 is 32.0 Å². The monoisotopic (exact) mass is 413 g/mol. The second-order valence-corrected chi connectivity index (χ2v) is 15.2. The van der Waals surface area contributed by atoms with Gasteiger partial charge in [-0.25, -0.2) is 4.79 Å². The summed E-state index contributed by atoms with van der Waals surface area (Å²) in [4.78, 5) is 26.7. The average Bonchev–Trinajstić information content (AvgIpc) is 3.17. The Bertz CT molecular complexity index is 651. The van der Waals surface area contributed by atoms with Crippen LogP contribution in [0.1, 0.15) is 46.5 Å². The maximum atomic E-state index is 12.6. The fraction of sp³-hybridized carbons (Fsp3) is 0.789. The molecule has 0 aromatic carbocycles. The fourth-order valence-electron chi connectivity index (χ4n) is 3.53. The van der Waals surface area contributed by atoms with Gasteiger partial charge in [0.1, 0.15) is 5.70 Å². The van der Waals surface area contributed by atoms with Gasteiger partial charge in [0.25, 0.3) is 0 Å².